The Morgan fingerprint density at radius 3 is 2.86 bits per heavy atom. The number of aliphatic carboxylic acids is 1. The van der Waals surface area contributed by atoms with Crippen molar-refractivity contribution in [3.63, 3.8) is 0 Å². The summed E-state index contributed by atoms with van der Waals surface area (Å²) in [6.07, 6.45) is 1.26. The standard InChI is InChI=1S/C8H8N4O2/c9-2-4-1-5(6(10)8(13)14)7(11)12-3-4/h1,3,6H,10H2,(H2,11,12)(H,13,14)/t6-/m1/s1. The molecule has 0 unspecified atom stereocenters. The summed E-state index contributed by atoms with van der Waals surface area (Å²) < 4.78 is 0. The van der Waals surface area contributed by atoms with Gasteiger partial charge in [0.15, 0.2) is 0 Å². The van der Waals surface area contributed by atoms with Gasteiger partial charge in [-0.15, -0.1) is 0 Å². The second-order valence-electron chi connectivity index (χ2n) is 2.63. The maximum atomic E-state index is 10.6. The molecule has 1 rings (SSSR count). The van der Waals surface area contributed by atoms with Crippen LogP contribution in [-0.2, 0) is 4.79 Å². The van der Waals surface area contributed by atoms with Crippen molar-refractivity contribution in [1.29, 1.82) is 5.26 Å². The van der Waals surface area contributed by atoms with Gasteiger partial charge in [0.2, 0.25) is 0 Å². The van der Waals surface area contributed by atoms with Crippen LogP contribution in [0.1, 0.15) is 17.2 Å². The average Bonchev–Trinajstić information content (AvgIpc) is 2.17. The number of anilines is 1. The van der Waals surface area contributed by atoms with Gasteiger partial charge in [-0.25, -0.2) is 4.98 Å². The van der Waals surface area contributed by atoms with E-state index >= 15 is 0 Å². The van der Waals surface area contributed by atoms with E-state index in [1.165, 1.54) is 12.3 Å². The number of pyridine rings is 1. The van der Waals surface area contributed by atoms with Gasteiger partial charge < -0.3 is 16.6 Å². The average molecular weight is 192 g/mol. The van der Waals surface area contributed by atoms with Gasteiger partial charge in [-0.1, -0.05) is 0 Å². The number of nitriles is 1. The highest BCUT2D eigenvalue weighted by Crippen LogP contribution is 2.17. The Morgan fingerprint density at radius 1 is 1.71 bits per heavy atom. The number of carboxylic acid groups (broad SMARTS) is 1. The molecular formula is C8H8N4O2. The first-order valence-corrected chi connectivity index (χ1v) is 3.70. The molecule has 1 aromatic heterocycles. The zero-order valence-corrected chi connectivity index (χ0v) is 7.14. The van der Waals surface area contributed by atoms with Gasteiger partial charge in [0, 0.05) is 11.8 Å². The van der Waals surface area contributed by atoms with Gasteiger partial charge in [-0.05, 0) is 6.07 Å². The summed E-state index contributed by atoms with van der Waals surface area (Å²) in [6.45, 7) is 0. The molecule has 6 nitrogen and oxygen atoms in total. The molecule has 6 heteroatoms. The van der Waals surface area contributed by atoms with Crippen molar-refractivity contribution in [2.75, 3.05) is 5.73 Å². The number of carboxylic acids is 1. The first-order valence-electron chi connectivity index (χ1n) is 3.70. The van der Waals surface area contributed by atoms with Crippen LogP contribution in [0.25, 0.3) is 0 Å². The Balaban J connectivity index is 3.20. The number of rotatable bonds is 2. The van der Waals surface area contributed by atoms with E-state index < -0.39 is 12.0 Å². The molecule has 1 atom stereocenters. The molecule has 0 amide bonds. The molecular weight excluding hydrogens is 184 g/mol. The number of hydrogen-bond acceptors (Lipinski definition) is 5. The van der Waals surface area contributed by atoms with Gasteiger partial charge in [0.1, 0.15) is 17.9 Å². The molecule has 72 valence electrons. The topological polar surface area (TPSA) is 126 Å². The fourth-order valence-corrected chi connectivity index (χ4v) is 0.936. The predicted octanol–water partition coefficient (Wildman–Crippen LogP) is -0.380. The van der Waals surface area contributed by atoms with Gasteiger partial charge >= 0.3 is 5.97 Å². The van der Waals surface area contributed by atoms with Crippen LogP contribution in [0.4, 0.5) is 5.82 Å². The Morgan fingerprint density at radius 2 is 2.36 bits per heavy atom. The molecule has 0 spiro atoms. The molecule has 1 aromatic rings. The number of carbonyl (C=O) groups is 1. The van der Waals surface area contributed by atoms with Crippen LogP contribution in [-0.4, -0.2) is 16.1 Å². The molecule has 0 bridgehead atoms. The molecule has 0 fully saturated rings. The minimum Gasteiger partial charge on any atom is -0.480 e. The highest BCUT2D eigenvalue weighted by molar-refractivity contribution is 5.77. The van der Waals surface area contributed by atoms with E-state index in [1.54, 1.807) is 0 Å². The van der Waals surface area contributed by atoms with E-state index in [4.69, 9.17) is 21.8 Å². The van der Waals surface area contributed by atoms with Crippen LogP contribution in [0.15, 0.2) is 12.3 Å². The molecule has 0 aromatic carbocycles. The molecule has 1 heterocycles. The molecule has 0 aliphatic heterocycles. The monoisotopic (exact) mass is 192 g/mol. The summed E-state index contributed by atoms with van der Waals surface area (Å²) >= 11 is 0. The zero-order valence-electron chi connectivity index (χ0n) is 7.14. The SMILES string of the molecule is N#Cc1cnc(N)c([C@@H](N)C(=O)O)c1. The largest absolute Gasteiger partial charge is 0.480 e. The van der Waals surface area contributed by atoms with E-state index in [0.29, 0.717) is 0 Å². The second kappa shape index (κ2) is 3.72. The maximum Gasteiger partial charge on any atom is 0.325 e. The number of nitrogen functional groups attached to an aromatic ring is 1. The summed E-state index contributed by atoms with van der Waals surface area (Å²) in [5.74, 6) is -1.19. The molecule has 0 saturated heterocycles. The van der Waals surface area contributed by atoms with Crippen molar-refractivity contribution in [3.05, 3.63) is 23.4 Å². The first-order chi connectivity index (χ1) is 6.56. The van der Waals surface area contributed by atoms with E-state index in [1.807, 2.05) is 6.07 Å². The van der Waals surface area contributed by atoms with Crippen molar-refractivity contribution < 1.29 is 9.90 Å². The lowest BCUT2D eigenvalue weighted by Gasteiger charge is -2.08. The third-order valence-electron chi connectivity index (χ3n) is 1.68. The first kappa shape index (κ1) is 9.95. The molecule has 5 N–H and O–H groups in total. The highest BCUT2D eigenvalue weighted by atomic mass is 16.4. The Labute approximate surface area is 79.8 Å². The summed E-state index contributed by atoms with van der Waals surface area (Å²) in [5.41, 5.74) is 11.1. The van der Waals surface area contributed by atoms with Crippen LogP contribution >= 0.6 is 0 Å². The van der Waals surface area contributed by atoms with Crippen molar-refractivity contribution in [2.45, 2.75) is 6.04 Å². The van der Waals surface area contributed by atoms with Gasteiger partial charge in [-0.2, -0.15) is 5.26 Å². The Kier molecular flexibility index (Phi) is 2.65. The number of hydrogen-bond donors (Lipinski definition) is 3. The predicted molar refractivity (Wildman–Crippen MR) is 47.9 cm³/mol. The third kappa shape index (κ3) is 1.78. The van der Waals surface area contributed by atoms with Crippen molar-refractivity contribution in [1.82, 2.24) is 4.98 Å². The normalized spacial score (nSPS) is 11.7. The highest BCUT2D eigenvalue weighted by Gasteiger charge is 2.18. The third-order valence-corrected chi connectivity index (χ3v) is 1.68. The van der Waals surface area contributed by atoms with Gasteiger partial charge in [-0.3, -0.25) is 4.79 Å². The molecule has 0 aliphatic carbocycles. The number of nitrogens with zero attached hydrogens (tertiary/aromatic N) is 2. The molecule has 0 aliphatic rings. The fourth-order valence-electron chi connectivity index (χ4n) is 0.936. The second-order valence-corrected chi connectivity index (χ2v) is 2.63. The smallest absolute Gasteiger partial charge is 0.325 e. The van der Waals surface area contributed by atoms with Crippen LogP contribution in [0.3, 0.4) is 0 Å². The summed E-state index contributed by atoms with van der Waals surface area (Å²) in [5, 5.41) is 17.2. The quantitative estimate of drug-likeness (QED) is 0.586. The lowest BCUT2D eigenvalue weighted by atomic mass is 10.1. The van der Waals surface area contributed by atoms with Crippen molar-refractivity contribution in [2.24, 2.45) is 5.73 Å². The number of aromatic nitrogens is 1. The maximum absolute atomic E-state index is 10.6. The minimum atomic E-state index is -1.25. The lowest BCUT2D eigenvalue weighted by Crippen LogP contribution is -2.22. The van der Waals surface area contributed by atoms with Crippen LogP contribution < -0.4 is 11.5 Å². The minimum absolute atomic E-state index is 0.0268. The zero-order chi connectivity index (χ0) is 10.7. The summed E-state index contributed by atoms with van der Waals surface area (Å²) in [6, 6.07) is 1.89. The molecule has 14 heavy (non-hydrogen) atoms. The molecule has 0 radical (unpaired) electrons. The van der Waals surface area contributed by atoms with Gasteiger partial charge in [0.05, 0.1) is 5.56 Å². The van der Waals surface area contributed by atoms with E-state index in [9.17, 15) is 4.79 Å². The van der Waals surface area contributed by atoms with Crippen LogP contribution in [0.2, 0.25) is 0 Å². The molecule has 0 saturated carbocycles. The van der Waals surface area contributed by atoms with E-state index in [0.717, 1.165) is 0 Å². The number of nitrogens with two attached hydrogens (primary N) is 2. The fraction of sp³-hybridized carbons (Fsp3) is 0.125. The summed E-state index contributed by atoms with van der Waals surface area (Å²) in [7, 11) is 0. The van der Waals surface area contributed by atoms with E-state index in [-0.39, 0.29) is 16.9 Å². The lowest BCUT2D eigenvalue weighted by molar-refractivity contribution is -0.138. The van der Waals surface area contributed by atoms with E-state index in [2.05, 4.69) is 4.98 Å². The van der Waals surface area contributed by atoms with Crippen LogP contribution in [0.5, 0.6) is 0 Å². The van der Waals surface area contributed by atoms with Gasteiger partial charge in [0.25, 0.3) is 0 Å². The Bertz CT molecular complexity index is 410. The van der Waals surface area contributed by atoms with Crippen molar-refractivity contribution >= 4 is 11.8 Å². The van der Waals surface area contributed by atoms with Crippen molar-refractivity contribution in [3.8, 4) is 6.07 Å². The summed E-state index contributed by atoms with van der Waals surface area (Å²) in [4.78, 5) is 14.2. The van der Waals surface area contributed by atoms with Crippen LogP contribution in [0, 0.1) is 11.3 Å². The Hall–Kier alpha value is -2.13.